The molecular formula is C21H19FN6O. The number of aromatic amines is 1. The van der Waals surface area contributed by atoms with Gasteiger partial charge in [-0.05, 0) is 67.9 Å². The lowest BCUT2D eigenvalue weighted by molar-refractivity contribution is 0.102. The number of hydrogen-bond acceptors (Lipinski definition) is 4. The van der Waals surface area contributed by atoms with Gasteiger partial charge in [-0.2, -0.15) is 0 Å². The molecule has 1 amide bonds. The fourth-order valence-corrected chi connectivity index (χ4v) is 2.94. The molecule has 0 unspecified atom stereocenters. The zero-order valence-corrected chi connectivity index (χ0v) is 15.9. The van der Waals surface area contributed by atoms with E-state index in [0.717, 1.165) is 11.3 Å². The Labute approximate surface area is 166 Å². The zero-order valence-electron chi connectivity index (χ0n) is 15.9. The zero-order chi connectivity index (χ0) is 20.4. The summed E-state index contributed by atoms with van der Waals surface area (Å²) in [5.41, 5.74) is 2.51. The highest BCUT2D eigenvalue weighted by atomic mass is 19.1. The number of nitrogens with one attached hydrogen (secondary N) is 2. The van der Waals surface area contributed by atoms with Crippen molar-refractivity contribution in [2.45, 2.75) is 19.9 Å². The Morgan fingerprint density at radius 3 is 2.66 bits per heavy atom. The molecule has 0 radical (unpaired) electrons. The molecule has 2 N–H and O–H groups in total. The van der Waals surface area contributed by atoms with Gasteiger partial charge in [0.1, 0.15) is 29.4 Å². The number of nitrogens with zero attached hydrogens (tertiary/aromatic N) is 4. The van der Waals surface area contributed by atoms with Gasteiger partial charge in [-0.1, -0.05) is 6.07 Å². The molecule has 0 saturated carbocycles. The van der Waals surface area contributed by atoms with Crippen LogP contribution in [-0.4, -0.2) is 30.6 Å². The highest BCUT2D eigenvalue weighted by Crippen LogP contribution is 2.21. The summed E-state index contributed by atoms with van der Waals surface area (Å²) in [5, 5.41) is 10.9. The smallest absolute Gasteiger partial charge is 0.273 e. The van der Waals surface area contributed by atoms with E-state index in [9.17, 15) is 9.18 Å². The van der Waals surface area contributed by atoms with E-state index in [1.807, 2.05) is 24.5 Å². The van der Waals surface area contributed by atoms with Gasteiger partial charge < -0.3 is 14.9 Å². The van der Waals surface area contributed by atoms with Crippen LogP contribution in [0.25, 0.3) is 22.8 Å². The van der Waals surface area contributed by atoms with Gasteiger partial charge in [0.15, 0.2) is 5.82 Å². The quantitative estimate of drug-likeness (QED) is 0.532. The molecule has 29 heavy (non-hydrogen) atoms. The number of halogens is 1. The molecule has 4 aromatic rings. The Bertz CT molecular complexity index is 1150. The van der Waals surface area contributed by atoms with Gasteiger partial charge in [0, 0.05) is 11.7 Å². The summed E-state index contributed by atoms with van der Waals surface area (Å²) in [5.74, 6) is 0.407. The lowest BCUT2D eigenvalue weighted by Gasteiger charge is -2.10. The van der Waals surface area contributed by atoms with Crippen molar-refractivity contribution >= 4 is 11.7 Å². The van der Waals surface area contributed by atoms with Crippen LogP contribution in [0, 0.1) is 5.82 Å². The minimum Gasteiger partial charge on any atom is -0.351 e. The van der Waals surface area contributed by atoms with Crippen LogP contribution in [-0.2, 0) is 0 Å². The van der Waals surface area contributed by atoms with Crippen LogP contribution in [0.1, 0.15) is 30.4 Å². The molecular weight excluding hydrogens is 371 g/mol. The van der Waals surface area contributed by atoms with E-state index in [1.54, 1.807) is 42.7 Å². The number of pyridine rings is 1. The van der Waals surface area contributed by atoms with Gasteiger partial charge in [-0.3, -0.25) is 4.79 Å². The van der Waals surface area contributed by atoms with Crippen LogP contribution in [0.2, 0.25) is 0 Å². The second-order valence-electron chi connectivity index (χ2n) is 6.81. The number of anilines is 1. The summed E-state index contributed by atoms with van der Waals surface area (Å²) in [6.07, 6.45) is 1.66. The van der Waals surface area contributed by atoms with Gasteiger partial charge >= 0.3 is 0 Å². The molecule has 146 valence electrons. The third kappa shape index (κ3) is 3.91. The molecule has 4 rings (SSSR count). The molecule has 3 aromatic heterocycles. The van der Waals surface area contributed by atoms with Crippen molar-refractivity contribution in [3.63, 3.8) is 0 Å². The summed E-state index contributed by atoms with van der Waals surface area (Å²) in [6, 6.07) is 15.0. The van der Waals surface area contributed by atoms with E-state index in [4.69, 9.17) is 0 Å². The first-order valence-corrected chi connectivity index (χ1v) is 9.14. The third-order valence-corrected chi connectivity index (χ3v) is 4.44. The SMILES string of the molecule is CC(C)n1cnnc1-c1cccc(NC(=O)c2ccc(-c3ccc(F)cc3)[nH]2)n1. The minimum absolute atomic E-state index is 0.184. The topological polar surface area (TPSA) is 88.5 Å². The van der Waals surface area contributed by atoms with Crippen molar-refractivity contribution in [3.8, 4) is 22.8 Å². The molecule has 0 aliphatic carbocycles. The Morgan fingerprint density at radius 1 is 1.10 bits per heavy atom. The first kappa shape index (κ1) is 18.5. The summed E-state index contributed by atoms with van der Waals surface area (Å²) in [4.78, 5) is 20.1. The average molecular weight is 390 g/mol. The number of benzene rings is 1. The van der Waals surface area contributed by atoms with Crippen molar-refractivity contribution in [1.82, 2.24) is 24.7 Å². The van der Waals surface area contributed by atoms with Gasteiger partial charge in [-0.25, -0.2) is 9.37 Å². The normalized spacial score (nSPS) is 11.0. The van der Waals surface area contributed by atoms with Crippen LogP contribution >= 0.6 is 0 Å². The fraction of sp³-hybridized carbons (Fsp3) is 0.143. The van der Waals surface area contributed by atoms with Gasteiger partial charge in [0.05, 0.1) is 0 Å². The monoisotopic (exact) mass is 390 g/mol. The number of carbonyl (C=O) groups is 1. The van der Waals surface area contributed by atoms with Crippen LogP contribution in [0.5, 0.6) is 0 Å². The summed E-state index contributed by atoms with van der Waals surface area (Å²) < 4.78 is 15.0. The van der Waals surface area contributed by atoms with E-state index >= 15 is 0 Å². The molecule has 0 bridgehead atoms. The van der Waals surface area contributed by atoms with E-state index in [0.29, 0.717) is 23.0 Å². The maximum atomic E-state index is 13.1. The van der Waals surface area contributed by atoms with Crippen molar-refractivity contribution in [2.75, 3.05) is 5.32 Å². The molecule has 0 saturated heterocycles. The first-order valence-electron chi connectivity index (χ1n) is 9.14. The predicted molar refractivity (Wildman–Crippen MR) is 108 cm³/mol. The van der Waals surface area contributed by atoms with Gasteiger partial charge in [0.2, 0.25) is 0 Å². The lowest BCUT2D eigenvalue weighted by Crippen LogP contribution is -2.13. The standard InChI is InChI=1S/C21H19FN6O/c1-13(2)28-12-23-27-20(28)17-4-3-5-19(25-17)26-21(29)18-11-10-16(24-18)14-6-8-15(22)9-7-14/h3-13,24H,1-2H3,(H,25,26,29). The Balaban J connectivity index is 1.53. The van der Waals surface area contributed by atoms with Gasteiger partial charge in [0.25, 0.3) is 5.91 Å². The number of aromatic nitrogens is 5. The van der Waals surface area contributed by atoms with Crippen LogP contribution in [0.4, 0.5) is 10.2 Å². The average Bonchev–Trinajstić information content (AvgIpc) is 3.39. The maximum Gasteiger partial charge on any atom is 0.273 e. The largest absolute Gasteiger partial charge is 0.351 e. The molecule has 0 aliphatic heterocycles. The predicted octanol–water partition coefficient (Wildman–Crippen LogP) is 4.31. The first-order chi connectivity index (χ1) is 14.0. The Hall–Kier alpha value is -3.81. The van der Waals surface area contributed by atoms with Crippen LogP contribution in [0.3, 0.4) is 0 Å². The number of H-pyrrole nitrogens is 1. The number of carbonyl (C=O) groups excluding carboxylic acids is 1. The molecule has 1 aromatic carbocycles. The highest BCUT2D eigenvalue weighted by molar-refractivity contribution is 6.03. The van der Waals surface area contributed by atoms with Crippen molar-refractivity contribution in [1.29, 1.82) is 0 Å². The van der Waals surface area contributed by atoms with E-state index < -0.39 is 0 Å². The highest BCUT2D eigenvalue weighted by Gasteiger charge is 2.14. The van der Waals surface area contributed by atoms with E-state index in [2.05, 4.69) is 25.5 Å². The summed E-state index contributed by atoms with van der Waals surface area (Å²) >= 11 is 0. The Kier molecular flexibility index (Phi) is 4.90. The second kappa shape index (κ2) is 7.67. The van der Waals surface area contributed by atoms with Crippen molar-refractivity contribution in [2.24, 2.45) is 0 Å². The summed E-state index contributed by atoms with van der Waals surface area (Å²) in [6.45, 7) is 4.06. The Morgan fingerprint density at radius 2 is 1.90 bits per heavy atom. The van der Waals surface area contributed by atoms with E-state index in [1.165, 1.54) is 12.1 Å². The molecule has 0 fully saturated rings. The third-order valence-electron chi connectivity index (χ3n) is 4.44. The molecule has 0 atom stereocenters. The number of hydrogen-bond donors (Lipinski definition) is 2. The number of rotatable bonds is 5. The van der Waals surface area contributed by atoms with Crippen LogP contribution < -0.4 is 5.32 Å². The molecule has 8 heteroatoms. The summed E-state index contributed by atoms with van der Waals surface area (Å²) in [7, 11) is 0. The van der Waals surface area contributed by atoms with Crippen LogP contribution in [0.15, 0.2) is 60.9 Å². The number of amides is 1. The van der Waals surface area contributed by atoms with Crippen molar-refractivity contribution < 1.29 is 9.18 Å². The fourth-order valence-electron chi connectivity index (χ4n) is 2.94. The van der Waals surface area contributed by atoms with Crippen molar-refractivity contribution in [3.05, 3.63) is 72.4 Å². The van der Waals surface area contributed by atoms with E-state index in [-0.39, 0.29) is 17.8 Å². The van der Waals surface area contributed by atoms with Gasteiger partial charge in [-0.15, -0.1) is 10.2 Å². The lowest BCUT2D eigenvalue weighted by atomic mass is 10.1. The second-order valence-corrected chi connectivity index (χ2v) is 6.81. The molecule has 0 aliphatic rings. The molecule has 3 heterocycles. The minimum atomic E-state index is -0.326. The molecule has 0 spiro atoms. The maximum absolute atomic E-state index is 13.1. The molecule has 7 nitrogen and oxygen atoms in total.